The minimum absolute atomic E-state index is 0.147. The molecule has 1 aromatic carbocycles. The van der Waals surface area contributed by atoms with Gasteiger partial charge in [-0.3, -0.25) is 0 Å². The maximum Gasteiger partial charge on any atom is 0.338 e. The van der Waals surface area contributed by atoms with E-state index in [0.29, 0.717) is 5.56 Å². The third-order valence-electron chi connectivity index (χ3n) is 2.48. The Labute approximate surface area is 110 Å². The number of carbonyl (C=O) groups excluding carboxylic acids is 1. The third-order valence-corrected chi connectivity index (χ3v) is 2.48. The molecule has 0 fully saturated rings. The number of aromatic nitrogens is 2. The SMILES string of the molecule is C=C(C(=O)OCc1ccccc1)c1cnc(N)nc1. The van der Waals surface area contributed by atoms with Gasteiger partial charge in [-0.25, -0.2) is 14.8 Å². The van der Waals surface area contributed by atoms with E-state index in [1.54, 1.807) is 0 Å². The average molecular weight is 255 g/mol. The number of hydrogen-bond acceptors (Lipinski definition) is 5. The van der Waals surface area contributed by atoms with Crippen LogP contribution in [0.3, 0.4) is 0 Å². The normalized spacial score (nSPS) is 9.89. The standard InChI is InChI=1S/C14H13N3O2/c1-10(12-7-16-14(15)17-8-12)13(18)19-9-11-5-3-2-4-6-11/h2-8H,1,9H2,(H2,15,16,17). The Bertz CT molecular complexity index is 579. The van der Waals surface area contributed by atoms with Crippen LogP contribution in [0.25, 0.3) is 5.57 Å². The van der Waals surface area contributed by atoms with E-state index in [2.05, 4.69) is 16.5 Å². The first-order valence-corrected chi connectivity index (χ1v) is 5.64. The fourth-order valence-corrected chi connectivity index (χ4v) is 1.42. The van der Waals surface area contributed by atoms with Gasteiger partial charge in [0.05, 0.1) is 5.57 Å². The van der Waals surface area contributed by atoms with Gasteiger partial charge >= 0.3 is 5.97 Å². The molecular formula is C14H13N3O2. The lowest BCUT2D eigenvalue weighted by Crippen LogP contribution is -2.07. The van der Waals surface area contributed by atoms with E-state index in [4.69, 9.17) is 10.5 Å². The summed E-state index contributed by atoms with van der Waals surface area (Å²) in [6, 6.07) is 9.41. The number of esters is 1. The van der Waals surface area contributed by atoms with Crippen molar-refractivity contribution in [1.82, 2.24) is 9.97 Å². The summed E-state index contributed by atoms with van der Waals surface area (Å²) >= 11 is 0. The minimum atomic E-state index is -0.503. The molecule has 0 spiro atoms. The van der Waals surface area contributed by atoms with Crippen molar-refractivity contribution < 1.29 is 9.53 Å². The topological polar surface area (TPSA) is 78.1 Å². The monoisotopic (exact) mass is 255 g/mol. The number of rotatable bonds is 4. The molecule has 96 valence electrons. The summed E-state index contributed by atoms with van der Waals surface area (Å²) < 4.78 is 5.15. The lowest BCUT2D eigenvalue weighted by molar-refractivity contribution is -0.137. The molecule has 0 bridgehead atoms. The summed E-state index contributed by atoms with van der Waals surface area (Å²) in [4.78, 5) is 19.4. The van der Waals surface area contributed by atoms with E-state index >= 15 is 0 Å². The Morgan fingerprint density at radius 3 is 2.47 bits per heavy atom. The van der Waals surface area contributed by atoms with Gasteiger partial charge in [0, 0.05) is 18.0 Å². The third kappa shape index (κ3) is 3.38. The zero-order valence-corrected chi connectivity index (χ0v) is 10.2. The first-order valence-electron chi connectivity index (χ1n) is 5.64. The Morgan fingerprint density at radius 2 is 1.84 bits per heavy atom. The van der Waals surface area contributed by atoms with Gasteiger partial charge in [0.15, 0.2) is 0 Å². The number of nitrogens with two attached hydrogens (primary N) is 1. The maximum atomic E-state index is 11.8. The van der Waals surface area contributed by atoms with Crippen LogP contribution in [0.1, 0.15) is 11.1 Å². The zero-order chi connectivity index (χ0) is 13.7. The summed E-state index contributed by atoms with van der Waals surface area (Å²) in [6.45, 7) is 3.87. The molecule has 2 rings (SSSR count). The van der Waals surface area contributed by atoms with Gasteiger partial charge in [0.2, 0.25) is 5.95 Å². The lowest BCUT2D eigenvalue weighted by atomic mass is 10.1. The van der Waals surface area contributed by atoms with E-state index < -0.39 is 5.97 Å². The second kappa shape index (κ2) is 5.77. The number of hydrogen-bond donors (Lipinski definition) is 1. The van der Waals surface area contributed by atoms with E-state index in [0.717, 1.165) is 5.56 Å². The van der Waals surface area contributed by atoms with Crippen LogP contribution in [0.5, 0.6) is 0 Å². The van der Waals surface area contributed by atoms with Crippen molar-refractivity contribution in [3.8, 4) is 0 Å². The molecule has 0 atom stereocenters. The van der Waals surface area contributed by atoms with Crippen molar-refractivity contribution in [3.05, 3.63) is 60.4 Å². The predicted molar refractivity (Wildman–Crippen MR) is 71.7 cm³/mol. The van der Waals surface area contributed by atoms with Crippen LogP contribution in [-0.4, -0.2) is 15.9 Å². The van der Waals surface area contributed by atoms with E-state index in [9.17, 15) is 4.79 Å². The summed E-state index contributed by atoms with van der Waals surface area (Å²) in [6.07, 6.45) is 2.88. The number of ether oxygens (including phenoxy) is 1. The van der Waals surface area contributed by atoms with Gasteiger partial charge in [-0.15, -0.1) is 0 Å². The minimum Gasteiger partial charge on any atom is -0.457 e. The molecule has 0 radical (unpaired) electrons. The van der Waals surface area contributed by atoms with Gasteiger partial charge in [-0.05, 0) is 5.56 Å². The van der Waals surface area contributed by atoms with Crippen LogP contribution in [0.15, 0.2) is 49.3 Å². The Hall–Kier alpha value is -2.69. The quantitative estimate of drug-likeness (QED) is 0.666. The van der Waals surface area contributed by atoms with Crippen molar-refractivity contribution in [2.75, 3.05) is 5.73 Å². The molecule has 0 amide bonds. The molecular weight excluding hydrogens is 242 g/mol. The van der Waals surface area contributed by atoms with Crippen molar-refractivity contribution in [2.24, 2.45) is 0 Å². The van der Waals surface area contributed by atoms with Crippen molar-refractivity contribution in [3.63, 3.8) is 0 Å². The molecule has 2 N–H and O–H groups in total. The highest BCUT2D eigenvalue weighted by Gasteiger charge is 2.11. The van der Waals surface area contributed by atoms with Crippen LogP contribution < -0.4 is 5.73 Å². The van der Waals surface area contributed by atoms with Crippen molar-refractivity contribution >= 4 is 17.5 Å². The second-order valence-corrected chi connectivity index (χ2v) is 3.87. The van der Waals surface area contributed by atoms with Crippen LogP contribution >= 0.6 is 0 Å². The maximum absolute atomic E-state index is 11.8. The van der Waals surface area contributed by atoms with Gasteiger partial charge < -0.3 is 10.5 Å². The number of nitrogen functional groups attached to an aromatic ring is 1. The molecule has 0 saturated carbocycles. The van der Waals surface area contributed by atoms with Gasteiger partial charge in [-0.1, -0.05) is 36.9 Å². The molecule has 1 aromatic heterocycles. The van der Waals surface area contributed by atoms with Gasteiger partial charge in [0.1, 0.15) is 6.61 Å². The average Bonchev–Trinajstić information content (AvgIpc) is 2.46. The van der Waals surface area contributed by atoms with E-state index in [-0.39, 0.29) is 18.1 Å². The number of carbonyl (C=O) groups is 1. The Morgan fingerprint density at radius 1 is 1.21 bits per heavy atom. The first kappa shape index (κ1) is 12.8. The molecule has 0 aliphatic carbocycles. The summed E-state index contributed by atoms with van der Waals surface area (Å²) in [5, 5.41) is 0. The van der Waals surface area contributed by atoms with Crippen molar-refractivity contribution in [1.29, 1.82) is 0 Å². The molecule has 5 heteroatoms. The smallest absolute Gasteiger partial charge is 0.338 e. The fourth-order valence-electron chi connectivity index (χ4n) is 1.42. The summed E-state index contributed by atoms with van der Waals surface area (Å²) in [5.41, 5.74) is 6.98. The number of benzene rings is 1. The predicted octanol–water partition coefficient (Wildman–Crippen LogP) is 1.82. The summed E-state index contributed by atoms with van der Waals surface area (Å²) in [5.74, 6) is -0.355. The molecule has 0 aliphatic rings. The molecule has 0 saturated heterocycles. The molecule has 1 heterocycles. The first-order chi connectivity index (χ1) is 9.16. The fraction of sp³-hybridized carbons (Fsp3) is 0.0714. The number of nitrogens with zero attached hydrogens (tertiary/aromatic N) is 2. The molecule has 0 unspecified atom stereocenters. The molecule has 0 aliphatic heterocycles. The highest BCUT2D eigenvalue weighted by atomic mass is 16.5. The molecule has 5 nitrogen and oxygen atoms in total. The van der Waals surface area contributed by atoms with Crippen molar-refractivity contribution in [2.45, 2.75) is 6.61 Å². The Kier molecular flexibility index (Phi) is 3.87. The molecule has 2 aromatic rings. The van der Waals surface area contributed by atoms with Crippen LogP contribution in [0, 0.1) is 0 Å². The van der Waals surface area contributed by atoms with E-state index in [1.165, 1.54) is 12.4 Å². The second-order valence-electron chi connectivity index (χ2n) is 3.87. The van der Waals surface area contributed by atoms with Gasteiger partial charge in [0.25, 0.3) is 0 Å². The van der Waals surface area contributed by atoms with Crippen LogP contribution in [0.2, 0.25) is 0 Å². The van der Waals surface area contributed by atoms with Crippen LogP contribution in [0.4, 0.5) is 5.95 Å². The highest BCUT2D eigenvalue weighted by molar-refractivity contribution is 6.15. The zero-order valence-electron chi connectivity index (χ0n) is 10.2. The summed E-state index contributed by atoms with van der Waals surface area (Å²) in [7, 11) is 0. The molecule has 19 heavy (non-hydrogen) atoms. The van der Waals surface area contributed by atoms with E-state index in [1.807, 2.05) is 30.3 Å². The Balaban J connectivity index is 1.96. The van der Waals surface area contributed by atoms with Gasteiger partial charge in [-0.2, -0.15) is 0 Å². The number of anilines is 1. The lowest BCUT2D eigenvalue weighted by Gasteiger charge is -2.07. The highest BCUT2D eigenvalue weighted by Crippen LogP contribution is 2.13. The largest absolute Gasteiger partial charge is 0.457 e. The van der Waals surface area contributed by atoms with Crippen LogP contribution in [-0.2, 0) is 16.1 Å².